The quantitative estimate of drug-likeness (QED) is 0.141. The van der Waals surface area contributed by atoms with Gasteiger partial charge in [0.25, 0.3) is 6.71 Å². The first kappa shape index (κ1) is 54.2. The van der Waals surface area contributed by atoms with Gasteiger partial charge in [0.1, 0.15) is 16.7 Å². The highest BCUT2D eigenvalue weighted by Crippen LogP contribution is 2.52. The minimum atomic E-state index is -0.253. The van der Waals surface area contributed by atoms with E-state index in [1.165, 1.54) is 43.9 Å². The summed E-state index contributed by atoms with van der Waals surface area (Å²) in [6.07, 6.45) is 0. The molecule has 0 N–H and O–H groups in total. The molecule has 0 spiro atoms. The second-order valence-electron chi connectivity index (χ2n) is 27.4. The molecule has 0 saturated heterocycles. The maximum Gasteiger partial charge on any atom is 0.253 e. The van der Waals surface area contributed by atoms with Gasteiger partial charge in [-0.2, -0.15) is 0 Å². The molecule has 89 heavy (non-hydrogen) atoms. The van der Waals surface area contributed by atoms with Gasteiger partial charge < -0.3 is 28.4 Å². The van der Waals surface area contributed by atoms with E-state index >= 15 is 0 Å². The zero-order chi connectivity index (χ0) is 60.7. The Morgan fingerprint density at radius 3 is 1.48 bits per heavy atom. The Balaban J connectivity index is 1.04. The van der Waals surface area contributed by atoms with E-state index in [9.17, 15) is 0 Å². The summed E-state index contributed by atoms with van der Waals surface area (Å²) in [4.78, 5) is 9.97. The summed E-state index contributed by atoms with van der Waals surface area (Å²) in [5.74, 6) is 0. The molecule has 2 aliphatic heterocycles. The lowest BCUT2D eigenvalue weighted by molar-refractivity contribution is 0.590. The molecule has 4 heterocycles. The van der Waals surface area contributed by atoms with Crippen molar-refractivity contribution in [2.75, 3.05) is 19.6 Å². The highest BCUT2D eigenvalue weighted by atomic mass is 16.3. The first-order chi connectivity index (χ1) is 43.0. The summed E-state index contributed by atoms with van der Waals surface area (Å²) in [6, 6.07) is 94.4. The molecule has 0 saturated carbocycles. The van der Waals surface area contributed by atoms with Crippen LogP contribution in [0.5, 0.6) is 0 Å². The van der Waals surface area contributed by atoms with Crippen molar-refractivity contribution in [3.8, 4) is 0 Å². The predicted molar refractivity (Wildman–Crippen MR) is 378 cm³/mol. The molecule has 0 aliphatic carbocycles. The van der Waals surface area contributed by atoms with Gasteiger partial charge in [0.15, 0.2) is 5.58 Å². The standard InChI is InChI=1S/C82H69BN4O2/c1-80(2,3)54-31-38-58(39-32-54)85(69-27-19-26-65-64-24-15-17-28-73(64)89-79(65)69)62-44-45-67-70(49-62)87(60-42-35-56(36-43-60)82(7,8)9)72-51-63(84(57-22-11-10-12-23-57)61-37-30-52-20-13-14-21-53(52)48-61)50-71-77(72)83(67)78-68(86(71)59-40-33-55(34-41-59)81(4,5)6)46-47-75-76(78)66-25-16-18-29-74(66)88-75/h10-51H,1-9H3. The molecule has 14 aromatic rings. The Kier molecular flexibility index (Phi) is 12.3. The lowest BCUT2D eigenvalue weighted by Gasteiger charge is -2.45. The molecule has 2 aliphatic rings. The summed E-state index contributed by atoms with van der Waals surface area (Å²) < 4.78 is 13.9. The molecule has 432 valence electrons. The SMILES string of the molecule is CC(C)(C)c1ccc(N2c3cc(N(c4ccc(C(C)(C)C)cc4)c4cccc5c4oc4ccccc45)ccc3B3c4c2cc(N(c2ccccc2)c2ccc5ccccc5c2)cc4N(c2ccc(C(C)(C)C)cc2)c2ccc4oc5ccccc5c4c23)cc1. The van der Waals surface area contributed by atoms with E-state index in [1.807, 2.05) is 0 Å². The minimum Gasteiger partial charge on any atom is -0.456 e. The van der Waals surface area contributed by atoms with Crippen molar-refractivity contribution in [3.63, 3.8) is 0 Å². The topological polar surface area (TPSA) is 39.2 Å². The zero-order valence-corrected chi connectivity index (χ0v) is 51.9. The summed E-state index contributed by atoms with van der Waals surface area (Å²) in [5, 5.41) is 6.75. The molecule has 0 atom stereocenters. The van der Waals surface area contributed by atoms with Crippen LogP contribution in [0.3, 0.4) is 0 Å². The second kappa shape index (κ2) is 20.2. The summed E-state index contributed by atoms with van der Waals surface area (Å²) in [7, 11) is 0. The van der Waals surface area contributed by atoms with Crippen LogP contribution in [-0.2, 0) is 16.2 Å². The van der Waals surface area contributed by atoms with E-state index in [-0.39, 0.29) is 23.0 Å². The van der Waals surface area contributed by atoms with E-state index in [4.69, 9.17) is 8.83 Å². The lowest BCUT2D eigenvalue weighted by Crippen LogP contribution is -2.61. The largest absolute Gasteiger partial charge is 0.456 e. The van der Waals surface area contributed by atoms with Crippen LogP contribution in [0.4, 0.5) is 68.2 Å². The summed E-state index contributed by atoms with van der Waals surface area (Å²) >= 11 is 0. The first-order valence-corrected chi connectivity index (χ1v) is 31.3. The van der Waals surface area contributed by atoms with Gasteiger partial charge in [-0.3, -0.25) is 0 Å². The number of hydrogen-bond acceptors (Lipinski definition) is 6. The van der Waals surface area contributed by atoms with E-state index in [0.717, 1.165) is 112 Å². The van der Waals surface area contributed by atoms with Crippen LogP contribution in [0.15, 0.2) is 264 Å². The van der Waals surface area contributed by atoms with Crippen molar-refractivity contribution < 1.29 is 8.83 Å². The number of benzene rings is 12. The molecule has 0 radical (unpaired) electrons. The fraction of sp³-hybridized carbons (Fsp3) is 0.146. The van der Waals surface area contributed by atoms with Crippen molar-refractivity contribution in [2.45, 2.75) is 78.6 Å². The molecule has 6 nitrogen and oxygen atoms in total. The molecule has 7 heteroatoms. The fourth-order valence-corrected chi connectivity index (χ4v) is 14.1. The molecule has 0 unspecified atom stereocenters. The Morgan fingerprint density at radius 1 is 0.326 bits per heavy atom. The van der Waals surface area contributed by atoms with Gasteiger partial charge in [-0.05, 0) is 175 Å². The van der Waals surface area contributed by atoms with Gasteiger partial charge in [-0.15, -0.1) is 0 Å². The van der Waals surface area contributed by atoms with Crippen molar-refractivity contribution >= 4 is 146 Å². The normalized spacial score (nSPS) is 13.2. The van der Waals surface area contributed by atoms with E-state index < -0.39 is 0 Å². The van der Waals surface area contributed by atoms with Gasteiger partial charge in [-0.1, -0.05) is 202 Å². The van der Waals surface area contributed by atoms with Gasteiger partial charge in [0, 0.05) is 78.4 Å². The molecule has 12 aromatic carbocycles. The van der Waals surface area contributed by atoms with Crippen LogP contribution >= 0.6 is 0 Å². The van der Waals surface area contributed by atoms with Crippen LogP contribution in [0, 0.1) is 0 Å². The molecule has 2 aromatic heterocycles. The van der Waals surface area contributed by atoms with Crippen LogP contribution in [0.2, 0.25) is 0 Å². The molecule has 0 amide bonds. The highest BCUT2D eigenvalue weighted by Gasteiger charge is 2.46. The molecular weight excluding hydrogens is 1080 g/mol. The van der Waals surface area contributed by atoms with Crippen LogP contribution in [0.25, 0.3) is 54.6 Å². The number of anilines is 12. The van der Waals surface area contributed by atoms with Gasteiger partial charge in [0.2, 0.25) is 0 Å². The van der Waals surface area contributed by atoms with Crippen molar-refractivity contribution in [3.05, 3.63) is 271 Å². The van der Waals surface area contributed by atoms with Gasteiger partial charge in [0.05, 0.1) is 11.4 Å². The monoisotopic (exact) mass is 1150 g/mol. The number of fused-ring (bicyclic) bond motifs is 12. The van der Waals surface area contributed by atoms with E-state index in [0.29, 0.717) is 0 Å². The third kappa shape index (κ3) is 8.92. The van der Waals surface area contributed by atoms with Crippen molar-refractivity contribution in [1.29, 1.82) is 0 Å². The highest BCUT2D eigenvalue weighted by molar-refractivity contribution is 7.02. The molecule has 0 fully saturated rings. The predicted octanol–water partition coefficient (Wildman–Crippen LogP) is 21.6. The maximum atomic E-state index is 6.97. The minimum absolute atomic E-state index is 0.0417. The van der Waals surface area contributed by atoms with Crippen molar-refractivity contribution in [1.82, 2.24) is 0 Å². The maximum absolute atomic E-state index is 6.97. The third-order valence-corrected chi connectivity index (χ3v) is 18.7. The smallest absolute Gasteiger partial charge is 0.253 e. The Labute approximate surface area is 521 Å². The van der Waals surface area contributed by atoms with Crippen LogP contribution in [0.1, 0.15) is 79.0 Å². The van der Waals surface area contributed by atoms with Gasteiger partial charge >= 0.3 is 0 Å². The van der Waals surface area contributed by atoms with Crippen LogP contribution < -0.4 is 36.0 Å². The summed E-state index contributed by atoms with van der Waals surface area (Å²) in [6.45, 7) is 20.4. The number of rotatable bonds is 8. The number of hydrogen-bond donors (Lipinski definition) is 0. The Hall–Kier alpha value is -10.2. The Bertz CT molecular complexity index is 5100. The van der Waals surface area contributed by atoms with E-state index in [1.54, 1.807) is 0 Å². The van der Waals surface area contributed by atoms with Crippen molar-refractivity contribution in [2.24, 2.45) is 0 Å². The number of para-hydroxylation sites is 4. The van der Waals surface area contributed by atoms with Gasteiger partial charge in [-0.25, -0.2) is 0 Å². The lowest BCUT2D eigenvalue weighted by atomic mass is 9.33. The third-order valence-electron chi connectivity index (χ3n) is 18.7. The molecule has 0 bridgehead atoms. The molecular formula is C82H69BN4O2. The Morgan fingerprint density at radius 2 is 0.831 bits per heavy atom. The first-order valence-electron chi connectivity index (χ1n) is 31.3. The zero-order valence-electron chi connectivity index (χ0n) is 51.9. The number of furan rings is 2. The fourth-order valence-electron chi connectivity index (χ4n) is 14.1. The number of nitrogens with zero attached hydrogens (tertiary/aromatic N) is 4. The average Bonchev–Trinajstić information content (AvgIpc) is 1.37. The average molecular weight is 1150 g/mol. The second-order valence-corrected chi connectivity index (χ2v) is 27.4. The van der Waals surface area contributed by atoms with E-state index in [2.05, 4.69) is 337 Å². The summed E-state index contributed by atoms with van der Waals surface area (Å²) in [5.41, 5.74) is 23.4. The van der Waals surface area contributed by atoms with Crippen LogP contribution in [-0.4, -0.2) is 6.71 Å². The molecule has 16 rings (SSSR count).